The summed E-state index contributed by atoms with van der Waals surface area (Å²) in [5, 5.41) is 2.76. The number of hydrogen-bond acceptors (Lipinski definition) is 6. The fourth-order valence-corrected chi connectivity index (χ4v) is 4.07. The molecule has 0 aliphatic carbocycles. The first kappa shape index (κ1) is 24.7. The van der Waals surface area contributed by atoms with Crippen LogP contribution in [0.2, 0.25) is 0 Å². The minimum Gasteiger partial charge on any atom is -0.491 e. The number of likely N-dealkylation sites (N-methyl/N-ethyl adjacent to an activating group) is 1. The van der Waals surface area contributed by atoms with E-state index in [0.717, 1.165) is 18.7 Å². The van der Waals surface area contributed by atoms with Crippen molar-refractivity contribution in [3.05, 3.63) is 53.9 Å². The molecule has 0 bridgehead atoms. The number of carbonyl (C=O) groups excluding carboxylic acids is 2. The molecular weight excluding hydrogens is 420 g/mol. The van der Waals surface area contributed by atoms with Gasteiger partial charge in [0, 0.05) is 70.9 Å². The maximum absolute atomic E-state index is 13.2. The van der Waals surface area contributed by atoms with Crippen LogP contribution in [0.5, 0.6) is 5.75 Å². The number of methoxy groups -OCH3 is 1. The van der Waals surface area contributed by atoms with Crippen LogP contribution in [0.25, 0.3) is 0 Å². The van der Waals surface area contributed by atoms with Gasteiger partial charge in [-0.25, -0.2) is 0 Å². The first-order valence-electron chi connectivity index (χ1n) is 11.2. The number of nitrogens with one attached hydrogen (secondary N) is 1. The smallest absolute Gasteiger partial charge is 0.257 e. The Bertz CT molecular complexity index is 953. The van der Waals surface area contributed by atoms with E-state index in [1.54, 1.807) is 43.5 Å². The Labute approximate surface area is 195 Å². The second-order valence-electron chi connectivity index (χ2n) is 8.78. The highest BCUT2D eigenvalue weighted by Gasteiger charge is 2.28. The third-order valence-electron chi connectivity index (χ3n) is 6.00. The molecule has 8 heteroatoms. The van der Waals surface area contributed by atoms with Gasteiger partial charge >= 0.3 is 0 Å². The summed E-state index contributed by atoms with van der Waals surface area (Å²) in [6.07, 6.45) is 3.53. The highest BCUT2D eigenvalue weighted by molar-refractivity contribution is 5.98. The van der Waals surface area contributed by atoms with Gasteiger partial charge in [-0.3, -0.25) is 19.5 Å². The standard InChI is InChI=1S/C25H34N4O4/c1-17-13-29(14-20-7-6-10-26-12-20)18(2)16-33-23-11-21(27-19(3)30)8-9-22(23)25(31)28(4)15-24(17)32-5/h6-12,17-18,24H,13-16H2,1-5H3,(H,27,30)/t17-,18-,24-/m0/s1. The van der Waals surface area contributed by atoms with E-state index in [1.165, 1.54) is 6.92 Å². The van der Waals surface area contributed by atoms with Gasteiger partial charge in [-0.2, -0.15) is 0 Å². The minimum atomic E-state index is -0.181. The normalized spacial score (nSPS) is 22.5. The zero-order valence-electron chi connectivity index (χ0n) is 20.1. The zero-order valence-corrected chi connectivity index (χ0v) is 20.1. The maximum atomic E-state index is 13.2. The fourth-order valence-electron chi connectivity index (χ4n) is 4.07. The molecule has 0 radical (unpaired) electrons. The van der Waals surface area contributed by atoms with Crippen molar-refractivity contribution in [3.63, 3.8) is 0 Å². The van der Waals surface area contributed by atoms with Crippen LogP contribution in [0.4, 0.5) is 5.69 Å². The summed E-state index contributed by atoms with van der Waals surface area (Å²) in [5.74, 6) is 0.313. The SMILES string of the molecule is CO[C@H]1CN(C)C(=O)c2ccc(NC(C)=O)cc2OC[C@H](C)N(Cc2cccnc2)C[C@@H]1C. The zero-order chi connectivity index (χ0) is 24.0. The summed E-state index contributed by atoms with van der Waals surface area (Å²) in [6, 6.07) is 9.20. The molecule has 1 aromatic carbocycles. The molecule has 3 rings (SSSR count). The molecular formula is C25H34N4O4. The topological polar surface area (TPSA) is 84.0 Å². The van der Waals surface area contributed by atoms with Crippen molar-refractivity contribution < 1.29 is 19.1 Å². The van der Waals surface area contributed by atoms with E-state index in [9.17, 15) is 9.59 Å². The molecule has 8 nitrogen and oxygen atoms in total. The summed E-state index contributed by atoms with van der Waals surface area (Å²) >= 11 is 0. The number of carbonyl (C=O) groups is 2. The van der Waals surface area contributed by atoms with Crippen LogP contribution in [0.1, 0.15) is 36.7 Å². The lowest BCUT2D eigenvalue weighted by atomic mass is 10.0. The lowest BCUT2D eigenvalue weighted by Crippen LogP contribution is -2.46. The molecule has 2 aromatic rings. The number of ether oxygens (including phenoxy) is 2. The van der Waals surface area contributed by atoms with Gasteiger partial charge in [-0.1, -0.05) is 13.0 Å². The van der Waals surface area contributed by atoms with Crippen LogP contribution < -0.4 is 10.1 Å². The molecule has 1 aliphatic rings. The van der Waals surface area contributed by atoms with E-state index in [4.69, 9.17) is 9.47 Å². The fraction of sp³-hybridized carbons (Fsp3) is 0.480. The van der Waals surface area contributed by atoms with Gasteiger partial charge in [-0.15, -0.1) is 0 Å². The van der Waals surface area contributed by atoms with Gasteiger partial charge < -0.3 is 19.7 Å². The Morgan fingerprint density at radius 2 is 2.06 bits per heavy atom. The molecule has 3 atom stereocenters. The average Bonchev–Trinajstić information content (AvgIpc) is 2.79. The van der Waals surface area contributed by atoms with Crippen molar-refractivity contribution >= 4 is 17.5 Å². The summed E-state index contributed by atoms with van der Waals surface area (Å²) in [7, 11) is 3.46. The number of aromatic nitrogens is 1. The van der Waals surface area contributed by atoms with Crippen LogP contribution in [0.15, 0.2) is 42.7 Å². The first-order valence-corrected chi connectivity index (χ1v) is 11.2. The van der Waals surface area contributed by atoms with Gasteiger partial charge in [0.15, 0.2) is 0 Å². The summed E-state index contributed by atoms with van der Waals surface area (Å²) in [6.45, 7) is 8.06. The van der Waals surface area contributed by atoms with Crippen LogP contribution in [-0.2, 0) is 16.1 Å². The number of hydrogen-bond donors (Lipinski definition) is 1. The monoisotopic (exact) mass is 454 g/mol. The third kappa shape index (κ3) is 6.52. The highest BCUT2D eigenvalue weighted by Crippen LogP contribution is 2.27. The quantitative estimate of drug-likeness (QED) is 0.765. The van der Waals surface area contributed by atoms with E-state index in [1.807, 2.05) is 12.3 Å². The molecule has 1 N–H and O–H groups in total. The van der Waals surface area contributed by atoms with Gasteiger partial charge in [0.1, 0.15) is 12.4 Å². The molecule has 0 fully saturated rings. The summed E-state index contributed by atoms with van der Waals surface area (Å²) in [5.41, 5.74) is 2.17. The van der Waals surface area contributed by atoms with E-state index in [0.29, 0.717) is 30.2 Å². The number of amides is 2. The lowest BCUT2D eigenvalue weighted by molar-refractivity contribution is -0.114. The van der Waals surface area contributed by atoms with Crippen molar-refractivity contribution in [2.75, 3.05) is 39.2 Å². The number of fused-ring (bicyclic) bond motifs is 1. The molecule has 1 aromatic heterocycles. The first-order chi connectivity index (χ1) is 15.8. The minimum absolute atomic E-state index is 0.0645. The van der Waals surface area contributed by atoms with E-state index in [-0.39, 0.29) is 29.9 Å². The summed E-state index contributed by atoms with van der Waals surface area (Å²) < 4.78 is 12.0. The number of rotatable bonds is 4. The van der Waals surface area contributed by atoms with Crippen molar-refractivity contribution in [2.24, 2.45) is 5.92 Å². The molecule has 178 valence electrons. The van der Waals surface area contributed by atoms with Crippen LogP contribution >= 0.6 is 0 Å². The second kappa shape index (κ2) is 11.2. The van der Waals surface area contributed by atoms with Crippen molar-refractivity contribution in [1.29, 1.82) is 0 Å². The van der Waals surface area contributed by atoms with Crippen LogP contribution in [0, 0.1) is 5.92 Å². The highest BCUT2D eigenvalue weighted by atomic mass is 16.5. The Morgan fingerprint density at radius 1 is 1.27 bits per heavy atom. The molecule has 0 saturated heterocycles. The van der Waals surface area contributed by atoms with E-state index < -0.39 is 0 Å². The molecule has 0 saturated carbocycles. The van der Waals surface area contributed by atoms with Crippen molar-refractivity contribution in [3.8, 4) is 5.75 Å². The molecule has 2 heterocycles. The molecule has 1 aliphatic heterocycles. The number of pyridine rings is 1. The second-order valence-corrected chi connectivity index (χ2v) is 8.78. The van der Waals surface area contributed by atoms with Crippen molar-refractivity contribution in [1.82, 2.24) is 14.8 Å². The Morgan fingerprint density at radius 3 is 2.73 bits per heavy atom. The van der Waals surface area contributed by atoms with Gasteiger partial charge in [-0.05, 0) is 36.6 Å². The van der Waals surface area contributed by atoms with Crippen molar-refractivity contribution in [2.45, 2.75) is 39.5 Å². The maximum Gasteiger partial charge on any atom is 0.257 e. The third-order valence-corrected chi connectivity index (χ3v) is 6.00. The molecule has 33 heavy (non-hydrogen) atoms. The largest absolute Gasteiger partial charge is 0.491 e. The van der Waals surface area contributed by atoms with Crippen LogP contribution in [0.3, 0.4) is 0 Å². The number of benzene rings is 1. The predicted octanol–water partition coefficient (Wildman–Crippen LogP) is 3.05. The Kier molecular flexibility index (Phi) is 8.41. The molecule has 2 amide bonds. The van der Waals surface area contributed by atoms with E-state index >= 15 is 0 Å². The van der Waals surface area contributed by atoms with E-state index in [2.05, 4.69) is 35.1 Å². The molecule has 0 unspecified atom stereocenters. The van der Waals surface area contributed by atoms with Gasteiger partial charge in [0.2, 0.25) is 5.91 Å². The average molecular weight is 455 g/mol. The van der Waals surface area contributed by atoms with Gasteiger partial charge in [0.05, 0.1) is 11.7 Å². The molecule has 0 spiro atoms. The number of nitrogens with zero attached hydrogens (tertiary/aromatic N) is 3. The lowest BCUT2D eigenvalue weighted by Gasteiger charge is -2.36. The van der Waals surface area contributed by atoms with Crippen LogP contribution in [-0.4, -0.2) is 72.6 Å². The Hall–Kier alpha value is -2.97. The van der Waals surface area contributed by atoms with Gasteiger partial charge in [0.25, 0.3) is 5.91 Å². The summed E-state index contributed by atoms with van der Waals surface area (Å²) in [4.78, 5) is 33.0. The Balaban J connectivity index is 1.94. The predicted molar refractivity (Wildman–Crippen MR) is 127 cm³/mol. The number of anilines is 1.